The number of nitrogens with one attached hydrogen (secondary N) is 2. The molecule has 0 aliphatic carbocycles. The van der Waals surface area contributed by atoms with Gasteiger partial charge in [0, 0.05) is 58.3 Å². The molecule has 0 spiro atoms. The van der Waals surface area contributed by atoms with Gasteiger partial charge in [-0.25, -0.2) is 4.98 Å². The van der Waals surface area contributed by atoms with E-state index in [0.29, 0.717) is 0 Å². The summed E-state index contributed by atoms with van der Waals surface area (Å²) < 4.78 is 4.93. The molecule has 8 nitrogen and oxygen atoms in total. The van der Waals surface area contributed by atoms with Gasteiger partial charge in [-0.1, -0.05) is 17.3 Å². The van der Waals surface area contributed by atoms with Gasteiger partial charge in [-0.2, -0.15) is 0 Å². The van der Waals surface area contributed by atoms with E-state index in [9.17, 15) is 0 Å². The number of hydrogen-bond donors (Lipinski definition) is 2. The van der Waals surface area contributed by atoms with Crippen LogP contribution in [0.4, 0.5) is 0 Å². The van der Waals surface area contributed by atoms with E-state index in [-0.39, 0.29) is 24.0 Å². The molecule has 9 heteroatoms. The summed E-state index contributed by atoms with van der Waals surface area (Å²) in [5.74, 6) is 2.05. The molecule has 4 rings (SSSR count). The third kappa shape index (κ3) is 5.94. The summed E-state index contributed by atoms with van der Waals surface area (Å²) in [4.78, 5) is 17.6. The van der Waals surface area contributed by atoms with Crippen molar-refractivity contribution in [3.05, 3.63) is 48.1 Å². The van der Waals surface area contributed by atoms with E-state index in [1.54, 1.807) is 6.26 Å². The van der Waals surface area contributed by atoms with Crippen molar-refractivity contribution < 1.29 is 4.52 Å². The summed E-state index contributed by atoms with van der Waals surface area (Å²) in [5.41, 5.74) is 3.12. The molecule has 0 amide bonds. The van der Waals surface area contributed by atoms with Crippen molar-refractivity contribution in [2.75, 3.05) is 39.3 Å². The molecule has 1 fully saturated rings. The molecule has 162 valence electrons. The zero-order valence-electron chi connectivity index (χ0n) is 17.4. The molecule has 2 aromatic heterocycles. The molecular weight excluding hydrogens is 493 g/mol. The van der Waals surface area contributed by atoms with Crippen molar-refractivity contribution in [2.24, 2.45) is 4.99 Å². The van der Waals surface area contributed by atoms with E-state index in [4.69, 9.17) is 9.52 Å². The van der Waals surface area contributed by atoms with Gasteiger partial charge in [0.2, 0.25) is 0 Å². The second kappa shape index (κ2) is 11.3. The van der Waals surface area contributed by atoms with Gasteiger partial charge >= 0.3 is 0 Å². The van der Waals surface area contributed by atoms with Gasteiger partial charge in [-0.15, -0.1) is 24.0 Å². The van der Waals surface area contributed by atoms with Crippen LogP contribution >= 0.6 is 24.0 Å². The van der Waals surface area contributed by atoms with Crippen molar-refractivity contribution in [2.45, 2.75) is 26.3 Å². The molecule has 1 aliphatic heterocycles. The van der Waals surface area contributed by atoms with Gasteiger partial charge < -0.3 is 19.7 Å². The number of hydrogen-bond acceptors (Lipinski definition) is 5. The number of nitrogens with zero attached hydrogens (tertiary/aromatic N) is 5. The molecule has 0 atom stereocenters. The number of aliphatic imine (C=N–C) groups is 1. The van der Waals surface area contributed by atoms with Crippen molar-refractivity contribution in [3.8, 4) is 0 Å². The van der Waals surface area contributed by atoms with E-state index >= 15 is 0 Å². The molecule has 0 unspecified atom stereocenters. The maximum Gasteiger partial charge on any atom is 0.194 e. The van der Waals surface area contributed by atoms with Crippen molar-refractivity contribution in [1.82, 2.24) is 30.2 Å². The first-order valence-electron chi connectivity index (χ1n) is 10.4. The lowest BCUT2D eigenvalue weighted by Crippen LogP contribution is -2.52. The molecule has 0 saturated carbocycles. The summed E-state index contributed by atoms with van der Waals surface area (Å²) in [6.45, 7) is 8.55. The molecule has 1 saturated heterocycles. The van der Waals surface area contributed by atoms with Crippen molar-refractivity contribution in [3.63, 3.8) is 0 Å². The summed E-state index contributed by atoms with van der Waals surface area (Å²) in [5, 5.41) is 7.45. The predicted molar refractivity (Wildman–Crippen MR) is 129 cm³/mol. The van der Waals surface area contributed by atoms with Crippen LogP contribution in [0, 0.1) is 0 Å². The number of aromatic nitrogens is 3. The number of aryl methyl sites for hydroxylation is 1. The summed E-state index contributed by atoms with van der Waals surface area (Å²) in [6.07, 6.45) is 3.51. The highest BCUT2D eigenvalue weighted by Gasteiger charge is 2.20. The lowest BCUT2D eigenvalue weighted by Gasteiger charge is -2.36. The van der Waals surface area contributed by atoms with Gasteiger partial charge in [0.25, 0.3) is 0 Å². The number of guanidine groups is 1. The SMILES string of the molecule is CCNC(=NCCCc1nc2ccccc2[nH]1)N1CCN(Cc2ccon2)CC1.I. The van der Waals surface area contributed by atoms with E-state index in [1.807, 2.05) is 24.3 Å². The first kappa shape index (κ1) is 22.5. The summed E-state index contributed by atoms with van der Waals surface area (Å²) in [6, 6.07) is 10.1. The second-order valence-corrected chi connectivity index (χ2v) is 7.29. The smallest absolute Gasteiger partial charge is 0.194 e. The highest BCUT2D eigenvalue weighted by atomic mass is 127. The van der Waals surface area contributed by atoms with Crippen LogP contribution in [0.5, 0.6) is 0 Å². The standard InChI is InChI=1S/C21H29N7O.HI/c1-2-22-21(28-13-11-27(12-14-28)16-17-9-15-29-26-17)23-10-5-8-20-24-18-6-3-4-7-19(18)25-20;/h3-4,6-7,9,15H,2,5,8,10-14,16H2,1H3,(H,22,23)(H,24,25);1H. The Labute approximate surface area is 194 Å². The Hall–Kier alpha value is -2.14. The monoisotopic (exact) mass is 523 g/mol. The first-order chi connectivity index (χ1) is 14.3. The highest BCUT2D eigenvalue weighted by Crippen LogP contribution is 2.11. The Balaban J connectivity index is 0.00000256. The van der Waals surface area contributed by atoms with Crippen LogP contribution < -0.4 is 5.32 Å². The molecule has 30 heavy (non-hydrogen) atoms. The second-order valence-electron chi connectivity index (χ2n) is 7.29. The van der Waals surface area contributed by atoms with Crippen LogP contribution in [-0.2, 0) is 13.0 Å². The van der Waals surface area contributed by atoms with Gasteiger partial charge in [0.05, 0.1) is 16.7 Å². The van der Waals surface area contributed by atoms with Crippen LogP contribution in [0.2, 0.25) is 0 Å². The minimum atomic E-state index is 0. The molecular formula is C21H30IN7O. The first-order valence-corrected chi connectivity index (χ1v) is 10.4. The molecule has 0 bridgehead atoms. The van der Waals surface area contributed by atoms with Crippen LogP contribution in [0.3, 0.4) is 0 Å². The minimum Gasteiger partial charge on any atom is -0.364 e. The molecule has 1 aliphatic rings. The summed E-state index contributed by atoms with van der Waals surface area (Å²) >= 11 is 0. The fourth-order valence-corrected chi connectivity index (χ4v) is 3.65. The average Bonchev–Trinajstić information content (AvgIpc) is 3.40. The predicted octanol–water partition coefficient (Wildman–Crippen LogP) is 2.88. The van der Waals surface area contributed by atoms with Gasteiger partial charge in [0.1, 0.15) is 12.1 Å². The van der Waals surface area contributed by atoms with Gasteiger partial charge in [-0.05, 0) is 25.5 Å². The molecule has 2 N–H and O–H groups in total. The van der Waals surface area contributed by atoms with E-state index < -0.39 is 0 Å². The number of para-hydroxylation sites is 2. The highest BCUT2D eigenvalue weighted by molar-refractivity contribution is 14.0. The van der Waals surface area contributed by atoms with Crippen LogP contribution in [0.15, 0.2) is 46.1 Å². The lowest BCUT2D eigenvalue weighted by molar-refractivity contribution is 0.169. The zero-order chi connectivity index (χ0) is 19.9. The quantitative estimate of drug-likeness (QED) is 0.215. The van der Waals surface area contributed by atoms with Crippen LogP contribution in [-0.4, -0.2) is 70.2 Å². The van der Waals surface area contributed by atoms with E-state index in [2.05, 4.69) is 43.2 Å². The van der Waals surface area contributed by atoms with E-state index in [0.717, 1.165) is 87.2 Å². The minimum absolute atomic E-state index is 0. The zero-order valence-corrected chi connectivity index (χ0v) is 19.7. The van der Waals surface area contributed by atoms with Crippen LogP contribution in [0.25, 0.3) is 11.0 Å². The molecule has 3 aromatic rings. The number of rotatable bonds is 7. The maximum atomic E-state index is 4.93. The number of fused-ring (bicyclic) bond motifs is 1. The Kier molecular flexibility index (Phi) is 8.50. The largest absolute Gasteiger partial charge is 0.364 e. The van der Waals surface area contributed by atoms with E-state index in [1.165, 1.54) is 0 Å². The molecule has 1 aromatic carbocycles. The van der Waals surface area contributed by atoms with Gasteiger partial charge in [0.15, 0.2) is 5.96 Å². The third-order valence-corrected chi connectivity index (χ3v) is 5.16. The van der Waals surface area contributed by atoms with Crippen molar-refractivity contribution >= 4 is 41.0 Å². The summed E-state index contributed by atoms with van der Waals surface area (Å²) in [7, 11) is 0. The number of halogens is 1. The fraction of sp³-hybridized carbons (Fsp3) is 0.476. The Morgan fingerprint density at radius 3 is 2.77 bits per heavy atom. The Morgan fingerprint density at radius 2 is 2.03 bits per heavy atom. The molecule has 3 heterocycles. The molecule has 0 radical (unpaired) electrons. The topological polar surface area (TPSA) is 85.6 Å². The van der Waals surface area contributed by atoms with Gasteiger partial charge in [-0.3, -0.25) is 9.89 Å². The Morgan fingerprint density at radius 1 is 1.20 bits per heavy atom. The normalized spacial score (nSPS) is 15.4. The third-order valence-electron chi connectivity index (χ3n) is 5.16. The number of piperazine rings is 1. The Bertz CT molecular complexity index is 883. The van der Waals surface area contributed by atoms with Crippen molar-refractivity contribution in [1.29, 1.82) is 0 Å². The maximum absolute atomic E-state index is 4.93. The average molecular weight is 523 g/mol. The number of benzene rings is 1. The fourth-order valence-electron chi connectivity index (χ4n) is 3.65. The lowest BCUT2D eigenvalue weighted by atomic mass is 10.3. The number of aromatic amines is 1. The number of H-pyrrole nitrogens is 1. The number of imidazole rings is 1. The van der Waals surface area contributed by atoms with Crippen LogP contribution in [0.1, 0.15) is 24.9 Å².